The largest absolute Gasteiger partial charge is 0.345 e. The Morgan fingerprint density at radius 2 is 2.36 bits per heavy atom. The number of nitrogens with zero attached hydrogens (tertiary/aromatic N) is 2. The van der Waals surface area contributed by atoms with E-state index in [-0.39, 0.29) is 0 Å². The Kier molecular flexibility index (Phi) is 2.31. The molecular weight excluding hydrogens is 174 g/mol. The van der Waals surface area contributed by atoms with E-state index < -0.39 is 0 Å². The Morgan fingerprint density at radius 1 is 1.50 bits per heavy atom. The van der Waals surface area contributed by atoms with Crippen LogP contribution >= 0.6 is 0 Å². The Bertz CT molecular complexity index is 474. The van der Waals surface area contributed by atoms with Crippen molar-refractivity contribution >= 4 is 11.9 Å². The van der Waals surface area contributed by atoms with Crippen LogP contribution in [0.4, 0.5) is 5.82 Å². The third-order valence-corrected chi connectivity index (χ3v) is 2.00. The van der Waals surface area contributed by atoms with Gasteiger partial charge in [0, 0.05) is 17.5 Å². The maximum absolute atomic E-state index is 4.38. The van der Waals surface area contributed by atoms with Crippen LogP contribution in [0.1, 0.15) is 13.3 Å². The van der Waals surface area contributed by atoms with Gasteiger partial charge in [0.25, 0.3) is 0 Å². The molecule has 0 saturated heterocycles. The first-order valence-corrected chi connectivity index (χ1v) is 4.70. The normalized spacial score (nSPS) is 13.5. The van der Waals surface area contributed by atoms with Crippen LogP contribution in [0.25, 0.3) is 6.08 Å². The second-order valence-corrected chi connectivity index (χ2v) is 3.39. The number of rotatable bonds is 2. The van der Waals surface area contributed by atoms with E-state index in [2.05, 4.69) is 27.9 Å². The molecule has 0 amide bonds. The fourth-order valence-electron chi connectivity index (χ4n) is 1.42. The lowest BCUT2D eigenvalue weighted by Crippen LogP contribution is -2.31. The molecule has 72 valence electrons. The van der Waals surface area contributed by atoms with E-state index in [0.717, 1.165) is 35.2 Å². The van der Waals surface area contributed by atoms with Crippen molar-refractivity contribution in [2.45, 2.75) is 13.3 Å². The van der Waals surface area contributed by atoms with Crippen molar-refractivity contribution in [3.63, 3.8) is 0 Å². The highest BCUT2D eigenvalue weighted by molar-refractivity contribution is 5.40. The minimum absolute atomic E-state index is 0.815. The molecule has 0 spiro atoms. The fraction of sp³-hybridized carbons (Fsp3) is 0.273. The molecule has 3 nitrogen and oxygen atoms in total. The third kappa shape index (κ3) is 1.82. The van der Waals surface area contributed by atoms with Crippen LogP contribution in [-0.4, -0.2) is 11.5 Å². The van der Waals surface area contributed by atoms with E-state index in [1.165, 1.54) is 0 Å². The van der Waals surface area contributed by atoms with Crippen LogP contribution in [0.5, 0.6) is 0 Å². The fourth-order valence-corrected chi connectivity index (χ4v) is 1.42. The van der Waals surface area contributed by atoms with E-state index in [4.69, 9.17) is 0 Å². The van der Waals surface area contributed by atoms with Gasteiger partial charge in [-0.2, -0.15) is 0 Å². The number of hydrogen-bond acceptors (Lipinski definition) is 3. The van der Waals surface area contributed by atoms with Gasteiger partial charge in [-0.3, -0.25) is 4.99 Å². The summed E-state index contributed by atoms with van der Waals surface area (Å²) in [6.45, 7) is 6.52. The maximum Gasteiger partial charge on any atom is 0.156 e. The van der Waals surface area contributed by atoms with Gasteiger partial charge < -0.3 is 5.32 Å². The van der Waals surface area contributed by atoms with Gasteiger partial charge in [-0.1, -0.05) is 12.7 Å². The summed E-state index contributed by atoms with van der Waals surface area (Å²) >= 11 is 0. The summed E-state index contributed by atoms with van der Waals surface area (Å²) in [6.07, 6.45) is 3.18. The molecule has 2 rings (SSSR count). The van der Waals surface area contributed by atoms with Crippen molar-refractivity contribution in [1.82, 2.24) is 4.98 Å². The van der Waals surface area contributed by atoms with Gasteiger partial charge >= 0.3 is 0 Å². The molecule has 3 heteroatoms. The predicted octanol–water partition coefficient (Wildman–Crippen LogP) is 0.831. The average molecular weight is 187 g/mol. The molecule has 0 unspecified atom stereocenters. The summed E-state index contributed by atoms with van der Waals surface area (Å²) in [5, 5.41) is 4.20. The summed E-state index contributed by atoms with van der Waals surface area (Å²) in [4.78, 5) is 8.73. The first kappa shape index (κ1) is 8.94. The van der Waals surface area contributed by atoms with E-state index in [1.807, 2.05) is 19.1 Å². The molecule has 1 N–H and O–H groups in total. The molecule has 0 saturated carbocycles. The zero-order valence-corrected chi connectivity index (χ0v) is 8.25. The van der Waals surface area contributed by atoms with Crippen LogP contribution in [0.15, 0.2) is 29.4 Å². The molecular formula is C11H13N3. The van der Waals surface area contributed by atoms with Gasteiger partial charge in [-0.05, 0) is 25.5 Å². The summed E-state index contributed by atoms with van der Waals surface area (Å²) in [7, 11) is 0. The monoisotopic (exact) mass is 187 g/mol. The highest BCUT2D eigenvalue weighted by Crippen LogP contribution is 2.00. The lowest BCUT2D eigenvalue weighted by molar-refractivity contribution is 0.919. The van der Waals surface area contributed by atoms with Gasteiger partial charge in [0.2, 0.25) is 0 Å². The smallest absolute Gasteiger partial charge is 0.156 e. The number of aromatic nitrogens is 1. The summed E-state index contributed by atoms with van der Waals surface area (Å²) in [5.41, 5.74) is 1.72. The minimum atomic E-state index is 0.815. The molecule has 0 aromatic carbocycles. The van der Waals surface area contributed by atoms with Gasteiger partial charge in [-0.25, -0.2) is 4.98 Å². The van der Waals surface area contributed by atoms with Crippen LogP contribution in [0.2, 0.25) is 0 Å². The van der Waals surface area contributed by atoms with Crippen molar-refractivity contribution in [2.75, 3.05) is 11.9 Å². The topological polar surface area (TPSA) is 37.3 Å². The number of fused-ring (bicyclic) bond motifs is 1. The van der Waals surface area contributed by atoms with Gasteiger partial charge in [0.05, 0.1) is 0 Å². The van der Waals surface area contributed by atoms with Crippen LogP contribution in [0, 0.1) is 0 Å². The Hall–Kier alpha value is -1.64. The predicted molar refractivity (Wildman–Crippen MR) is 57.4 cm³/mol. The van der Waals surface area contributed by atoms with Crippen LogP contribution < -0.4 is 16.0 Å². The first-order valence-electron chi connectivity index (χ1n) is 4.70. The van der Waals surface area contributed by atoms with E-state index in [9.17, 15) is 0 Å². The van der Waals surface area contributed by atoms with Crippen LogP contribution in [0.3, 0.4) is 0 Å². The molecule has 14 heavy (non-hydrogen) atoms. The zero-order chi connectivity index (χ0) is 9.97. The molecule has 0 atom stereocenters. The molecule has 0 aliphatic carbocycles. The number of pyridine rings is 1. The molecule has 0 radical (unpaired) electrons. The summed E-state index contributed by atoms with van der Waals surface area (Å²) in [6, 6.07) is 3.99. The van der Waals surface area contributed by atoms with Crippen molar-refractivity contribution in [3.05, 3.63) is 35.1 Å². The lowest BCUT2D eigenvalue weighted by atomic mass is 10.2. The molecule has 0 bridgehead atoms. The molecule has 1 aromatic rings. The van der Waals surface area contributed by atoms with Crippen molar-refractivity contribution in [1.29, 1.82) is 0 Å². The van der Waals surface area contributed by atoms with Crippen molar-refractivity contribution < 1.29 is 0 Å². The lowest BCUT2D eigenvalue weighted by Gasteiger charge is -2.04. The molecule has 2 heterocycles. The minimum Gasteiger partial charge on any atom is -0.345 e. The SMILES string of the molecule is C=C(C)Nc1ccc2c(n1)=NCCC=2. The Morgan fingerprint density at radius 3 is 3.14 bits per heavy atom. The molecule has 1 aliphatic rings. The van der Waals surface area contributed by atoms with E-state index in [1.54, 1.807) is 0 Å². The van der Waals surface area contributed by atoms with Crippen molar-refractivity contribution in [3.8, 4) is 0 Å². The standard InChI is InChI=1S/C11H13N3/c1-8(2)13-10-6-5-9-4-3-7-12-11(9)14-10/h4-6H,1,3,7H2,2H3,(H,12,13,14). The second kappa shape index (κ2) is 3.62. The molecule has 0 fully saturated rings. The number of anilines is 1. The van der Waals surface area contributed by atoms with Gasteiger partial charge in [0.15, 0.2) is 5.49 Å². The van der Waals surface area contributed by atoms with Crippen molar-refractivity contribution in [2.24, 2.45) is 4.99 Å². The quantitative estimate of drug-likeness (QED) is 0.744. The maximum atomic E-state index is 4.38. The highest BCUT2D eigenvalue weighted by Gasteiger charge is 1.97. The van der Waals surface area contributed by atoms with Gasteiger partial charge in [0.1, 0.15) is 5.82 Å². The number of hydrogen-bond donors (Lipinski definition) is 1. The first-order chi connectivity index (χ1) is 6.75. The Labute approximate surface area is 82.9 Å². The summed E-state index contributed by atoms with van der Waals surface area (Å²) < 4.78 is 0. The average Bonchev–Trinajstić information content (AvgIpc) is 2.17. The van der Waals surface area contributed by atoms with Gasteiger partial charge in [-0.15, -0.1) is 0 Å². The third-order valence-electron chi connectivity index (χ3n) is 2.00. The number of nitrogens with one attached hydrogen (secondary N) is 1. The van der Waals surface area contributed by atoms with E-state index in [0.29, 0.717) is 0 Å². The summed E-state index contributed by atoms with van der Waals surface area (Å²) in [5.74, 6) is 0.815. The Balaban J connectivity index is 2.45. The second-order valence-electron chi connectivity index (χ2n) is 3.39. The zero-order valence-electron chi connectivity index (χ0n) is 8.25. The molecule has 1 aliphatic heterocycles. The molecule has 1 aromatic heterocycles. The van der Waals surface area contributed by atoms with Crippen LogP contribution in [-0.2, 0) is 0 Å². The highest BCUT2D eigenvalue weighted by atomic mass is 15.0. The number of allylic oxidation sites excluding steroid dienone is 1. The van der Waals surface area contributed by atoms with E-state index >= 15 is 0 Å².